The van der Waals surface area contributed by atoms with Crippen molar-refractivity contribution < 1.29 is 22.7 Å². The number of carbonyl (C=O) groups is 2. The molecule has 2 aromatic rings. The van der Waals surface area contributed by atoms with Crippen LogP contribution in [0.4, 0.5) is 11.4 Å². The zero-order valence-corrected chi connectivity index (χ0v) is 20.4. The van der Waals surface area contributed by atoms with E-state index in [-0.39, 0.29) is 10.5 Å². The molecule has 0 aliphatic carbocycles. The molecule has 1 fully saturated rings. The molecule has 2 aromatic carbocycles. The molecule has 1 aliphatic rings. The van der Waals surface area contributed by atoms with Crippen LogP contribution < -0.4 is 10.2 Å². The van der Waals surface area contributed by atoms with Crippen LogP contribution in [0.15, 0.2) is 41.3 Å². The minimum absolute atomic E-state index is 0.000193. The number of hydrogen-bond acceptors (Lipinski definition) is 6. The molecule has 0 saturated carbocycles. The van der Waals surface area contributed by atoms with E-state index in [1.54, 1.807) is 12.1 Å². The normalized spacial score (nSPS) is 14.3. The number of benzene rings is 2. The number of nitrogens with zero attached hydrogens (tertiary/aromatic N) is 2. The molecular weight excluding hydrogens is 442 g/mol. The van der Waals surface area contributed by atoms with Crippen molar-refractivity contribution in [2.24, 2.45) is 0 Å². The third kappa shape index (κ3) is 5.91. The monoisotopic (exact) mass is 473 g/mol. The lowest BCUT2D eigenvalue weighted by atomic mass is 10.1. The number of hydrogen-bond donors (Lipinski definition) is 1. The van der Waals surface area contributed by atoms with Gasteiger partial charge in [0.15, 0.2) is 6.61 Å². The Balaban J connectivity index is 1.80. The first-order valence-corrected chi connectivity index (χ1v) is 12.4. The van der Waals surface area contributed by atoms with Gasteiger partial charge in [0.1, 0.15) is 0 Å². The van der Waals surface area contributed by atoms with Gasteiger partial charge in [0.25, 0.3) is 5.91 Å². The highest BCUT2D eigenvalue weighted by Crippen LogP contribution is 2.28. The summed E-state index contributed by atoms with van der Waals surface area (Å²) in [6, 6.07) is 10.0. The van der Waals surface area contributed by atoms with E-state index >= 15 is 0 Å². The molecule has 1 amide bonds. The maximum Gasteiger partial charge on any atom is 0.340 e. The van der Waals surface area contributed by atoms with E-state index < -0.39 is 28.5 Å². The van der Waals surface area contributed by atoms with E-state index in [1.807, 2.05) is 26.0 Å². The number of amides is 1. The van der Waals surface area contributed by atoms with Crippen LogP contribution in [0.25, 0.3) is 0 Å². The first-order valence-electron chi connectivity index (χ1n) is 11.0. The van der Waals surface area contributed by atoms with Gasteiger partial charge < -0.3 is 15.0 Å². The third-order valence-corrected chi connectivity index (χ3v) is 7.60. The maximum absolute atomic E-state index is 13.0. The summed E-state index contributed by atoms with van der Waals surface area (Å²) < 4.78 is 31.6. The Hall–Kier alpha value is -2.91. The molecule has 1 N–H and O–H groups in total. The van der Waals surface area contributed by atoms with Crippen molar-refractivity contribution in [2.75, 3.05) is 44.0 Å². The Kier molecular flexibility index (Phi) is 7.76. The predicted octanol–water partition coefficient (Wildman–Crippen LogP) is 3.34. The molecule has 0 unspecified atom stereocenters. The molecule has 0 spiro atoms. The summed E-state index contributed by atoms with van der Waals surface area (Å²) in [5.74, 6) is -1.20. The standard InChI is InChI=1S/C24H31N3O5S/c1-17-8-9-19(14-18(17)2)25-23(28)16-32-24(29)21-15-20(33(30,31)26(3)4)10-11-22(21)27-12-6-5-7-13-27/h8-11,14-15H,5-7,12-13,16H2,1-4H3,(H,25,28). The molecule has 0 radical (unpaired) electrons. The summed E-state index contributed by atoms with van der Waals surface area (Å²) in [4.78, 5) is 27.4. The lowest BCUT2D eigenvalue weighted by Gasteiger charge is -2.30. The number of esters is 1. The number of nitrogens with one attached hydrogen (secondary N) is 1. The molecule has 0 atom stereocenters. The van der Waals surface area contributed by atoms with E-state index in [9.17, 15) is 18.0 Å². The number of carbonyl (C=O) groups excluding carboxylic acids is 2. The van der Waals surface area contributed by atoms with Crippen LogP contribution in [0, 0.1) is 13.8 Å². The van der Waals surface area contributed by atoms with Crippen molar-refractivity contribution >= 4 is 33.3 Å². The number of rotatable bonds is 7. The highest BCUT2D eigenvalue weighted by molar-refractivity contribution is 7.89. The summed E-state index contributed by atoms with van der Waals surface area (Å²) in [6.07, 6.45) is 3.09. The predicted molar refractivity (Wildman–Crippen MR) is 128 cm³/mol. The molecule has 1 aliphatic heterocycles. The van der Waals surface area contributed by atoms with Crippen LogP contribution in [0.5, 0.6) is 0 Å². The van der Waals surface area contributed by atoms with Crippen LogP contribution in [0.2, 0.25) is 0 Å². The Morgan fingerprint density at radius 3 is 2.33 bits per heavy atom. The summed E-state index contributed by atoms with van der Waals surface area (Å²) in [7, 11) is -0.865. The highest BCUT2D eigenvalue weighted by atomic mass is 32.2. The smallest absolute Gasteiger partial charge is 0.340 e. The van der Waals surface area contributed by atoms with Gasteiger partial charge in [-0.2, -0.15) is 0 Å². The van der Waals surface area contributed by atoms with E-state index in [1.165, 1.54) is 26.2 Å². The molecule has 3 rings (SSSR count). The minimum atomic E-state index is -3.73. The maximum atomic E-state index is 13.0. The third-order valence-electron chi connectivity index (χ3n) is 5.79. The van der Waals surface area contributed by atoms with Crippen LogP contribution in [-0.4, -0.2) is 58.4 Å². The largest absolute Gasteiger partial charge is 0.452 e. The summed E-state index contributed by atoms with van der Waals surface area (Å²) in [5.41, 5.74) is 3.52. The molecule has 0 bridgehead atoms. The van der Waals surface area contributed by atoms with Gasteiger partial charge in [0, 0.05) is 32.9 Å². The summed E-state index contributed by atoms with van der Waals surface area (Å²) >= 11 is 0. The molecule has 8 nitrogen and oxygen atoms in total. The zero-order chi connectivity index (χ0) is 24.2. The molecule has 1 heterocycles. The fourth-order valence-electron chi connectivity index (χ4n) is 3.69. The van der Waals surface area contributed by atoms with E-state index in [0.29, 0.717) is 11.4 Å². The molecular formula is C24H31N3O5S. The number of sulfonamides is 1. The molecule has 0 aromatic heterocycles. The second-order valence-electron chi connectivity index (χ2n) is 8.44. The Labute approximate surface area is 195 Å². The Morgan fingerprint density at radius 2 is 1.70 bits per heavy atom. The van der Waals surface area contributed by atoms with Crippen molar-refractivity contribution in [1.82, 2.24) is 4.31 Å². The topological polar surface area (TPSA) is 96.0 Å². The van der Waals surface area contributed by atoms with E-state index in [2.05, 4.69) is 10.2 Å². The van der Waals surface area contributed by atoms with Crippen LogP contribution in [0.1, 0.15) is 40.7 Å². The van der Waals surface area contributed by atoms with E-state index in [0.717, 1.165) is 47.8 Å². The SMILES string of the molecule is Cc1ccc(NC(=O)COC(=O)c2cc(S(=O)(=O)N(C)C)ccc2N2CCCCC2)cc1C. The number of ether oxygens (including phenoxy) is 1. The Bertz CT molecular complexity index is 1140. The average molecular weight is 474 g/mol. The Morgan fingerprint density at radius 1 is 1.00 bits per heavy atom. The molecule has 9 heteroatoms. The quantitative estimate of drug-likeness (QED) is 0.620. The van der Waals surface area contributed by atoms with Gasteiger partial charge >= 0.3 is 5.97 Å². The van der Waals surface area contributed by atoms with Crippen molar-refractivity contribution in [3.8, 4) is 0 Å². The summed E-state index contributed by atoms with van der Waals surface area (Å²) in [5, 5.41) is 2.72. The van der Waals surface area contributed by atoms with Gasteiger partial charge in [-0.3, -0.25) is 4.79 Å². The first-order chi connectivity index (χ1) is 15.6. The van der Waals surface area contributed by atoms with Gasteiger partial charge in [-0.25, -0.2) is 17.5 Å². The van der Waals surface area contributed by atoms with Crippen molar-refractivity contribution in [3.63, 3.8) is 0 Å². The van der Waals surface area contributed by atoms with Crippen LogP contribution >= 0.6 is 0 Å². The van der Waals surface area contributed by atoms with Gasteiger partial charge in [0.2, 0.25) is 10.0 Å². The van der Waals surface area contributed by atoms with E-state index in [4.69, 9.17) is 4.74 Å². The fourth-order valence-corrected chi connectivity index (χ4v) is 4.61. The second-order valence-corrected chi connectivity index (χ2v) is 10.6. The lowest BCUT2D eigenvalue weighted by molar-refractivity contribution is -0.119. The molecule has 178 valence electrons. The van der Waals surface area contributed by atoms with Crippen molar-refractivity contribution in [2.45, 2.75) is 38.0 Å². The lowest BCUT2D eigenvalue weighted by Crippen LogP contribution is -2.31. The summed E-state index contributed by atoms with van der Waals surface area (Å²) in [6.45, 7) is 4.99. The second kappa shape index (κ2) is 10.4. The minimum Gasteiger partial charge on any atom is -0.452 e. The number of piperidine rings is 1. The van der Waals surface area contributed by atoms with Crippen LogP contribution in [0.3, 0.4) is 0 Å². The van der Waals surface area contributed by atoms with Crippen molar-refractivity contribution in [3.05, 3.63) is 53.1 Å². The zero-order valence-electron chi connectivity index (χ0n) is 19.6. The fraction of sp³-hybridized carbons (Fsp3) is 0.417. The average Bonchev–Trinajstić information content (AvgIpc) is 2.80. The molecule has 33 heavy (non-hydrogen) atoms. The number of anilines is 2. The van der Waals surface area contributed by atoms with Crippen molar-refractivity contribution in [1.29, 1.82) is 0 Å². The highest BCUT2D eigenvalue weighted by Gasteiger charge is 2.25. The van der Waals surface area contributed by atoms with Gasteiger partial charge in [-0.05, 0) is 74.6 Å². The first kappa shape index (κ1) is 24.7. The van der Waals surface area contributed by atoms with Gasteiger partial charge in [0.05, 0.1) is 16.1 Å². The molecule has 1 saturated heterocycles. The van der Waals surface area contributed by atoms with Crippen LogP contribution in [-0.2, 0) is 19.6 Å². The van der Waals surface area contributed by atoms with Gasteiger partial charge in [-0.1, -0.05) is 6.07 Å². The number of aryl methyl sites for hydroxylation is 2. The van der Waals surface area contributed by atoms with Gasteiger partial charge in [-0.15, -0.1) is 0 Å².